The molecule has 0 aromatic carbocycles. The van der Waals surface area contributed by atoms with Crippen molar-refractivity contribution in [3.63, 3.8) is 0 Å². The number of hydrogen-bond acceptors (Lipinski definition) is 2. The van der Waals surface area contributed by atoms with Crippen molar-refractivity contribution >= 4 is 21.8 Å². The average Bonchev–Trinajstić information content (AvgIpc) is 2.70. The van der Waals surface area contributed by atoms with Gasteiger partial charge in [-0.05, 0) is 40.9 Å². The fraction of sp³-hybridized carbons (Fsp3) is 0.273. The number of halogens is 1. The van der Waals surface area contributed by atoms with Crippen molar-refractivity contribution in [3.05, 3.63) is 27.6 Å². The number of nitrogens with one attached hydrogen (secondary N) is 1. The van der Waals surface area contributed by atoms with Crippen LogP contribution in [0.2, 0.25) is 0 Å². The first-order chi connectivity index (χ1) is 7.93. The summed E-state index contributed by atoms with van der Waals surface area (Å²) in [6, 6.07) is 0. The van der Waals surface area contributed by atoms with Gasteiger partial charge in [-0.1, -0.05) is 0 Å². The van der Waals surface area contributed by atoms with E-state index in [2.05, 4.69) is 26.0 Å². The molecule has 0 atom stereocenters. The van der Waals surface area contributed by atoms with Crippen molar-refractivity contribution in [1.29, 1.82) is 0 Å². The third-order valence-electron chi connectivity index (χ3n) is 2.81. The van der Waals surface area contributed by atoms with Gasteiger partial charge >= 0.3 is 0 Å². The first kappa shape index (κ1) is 11.9. The van der Waals surface area contributed by atoms with Gasteiger partial charge in [0.2, 0.25) is 0 Å². The van der Waals surface area contributed by atoms with Crippen LogP contribution in [0.25, 0.3) is 11.3 Å². The average molecular weight is 297 g/mol. The second kappa shape index (κ2) is 4.03. The van der Waals surface area contributed by atoms with Crippen LogP contribution in [0.4, 0.5) is 0 Å². The smallest absolute Gasteiger partial charge is 0.265 e. The molecule has 0 bridgehead atoms. The van der Waals surface area contributed by atoms with E-state index in [9.17, 15) is 4.79 Å². The first-order valence-corrected chi connectivity index (χ1v) is 5.89. The molecule has 0 aliphatic carbocycles. The summed E-state index contributed by atoms with van der Waals surface area (Å²) in [6.45, 7) is 3.84. The molecule has 0 saturated carbocycles. The quantitative estimate of drug-likeness (QED) is 0.888. The number of carbonyl (C=O) groups excluding carboxylic acids is 1. The molecule has 0 unspecified atom stereocenters. The number of primary amides is 1. The zero-order valence-corrected chi connectivity index (χ0v) is 11.4. The number of nitrogens with two attached hydrogens (primary N) is 1. The molecule has 2 heterocycles. The lowest BCUT2D eigenvalue weighted by Gasteiger charge is -2.04. The highest BCUT2D eigenvalue weighted by molar-refractivity contribution is 9.10. The fourth-order valence-corrected chi connectivity index (χ4v) is 2.67. The minimum absolute atomic E-state index is 0.424. The molecule has 1 amide bonds. The van der Waals surface area contributed by atoms with E-state index < -0.39 is 5.91 Å². The second-order valence-corrected chi connectivity index (χ2v) is 4.77. The Balaban J connectivity index is 2.73. The molecule has 3 N–H and O–H groups in total. The predicted octanol–water partition coefficient (Wildman–Crippen LogP) is 1.89. The molecule has 2 aromatic heterocycles. The fourth-order valence-electron chi connectivity index (χ4n) is 1.99. The Bertz CT molecular complexity index is 577. The zero-order valence-electron chi connectivity index (χ0n) is 9.84. The summed E-state index contributed by atoms with van der Waals surface area (Å²) >= 11 is 3.42. The lowest BCUT2D eigenvalue weighted by atomic mass is 10.1. The van der Waals surface area contributed by atoms with Crippen LogP contribution in [0.5, 0.6) is 0 Å². The molecular formula is C11H13BrN4O. The van der Waals surface area contributed by atoms with Gasteiger partial charge in [0, 0.05) is 12.6 Å². The number of amides is 1. The van der Waals surface area contributed by atoms with Crippen molar-refractivity contribution in [2.24, 2.45) is 12.8 Å². The highest BCUT2D eigenvalue weighted by Gasteiger charge is 2.20. The van der Waals surface area contributed by atoms with Crippen molar-refractivity contribution in [2.45, 2.75) is 13.8 Å². The first-order valence-electron chi connectivity index (χ1n) is 5.10. The molecule has 6 heteroatoms. The third kappa shape index (κ3) is 1.78. The minimum atomic E-state index is -0.464. The Morgan fingerprint density at radius 2 is 2.18 bits per heavy atom. The van der Waals surface area contributed by atoms with E-state index in [4.69, 9.17) is 5.73 Å². The number of rotatable bonds is 2. The highest BCUT2D eigenvalue weighted by Crippen LogP contribution is 2.34. The molecule has 90 valence electrons. The Morgan fingerprint density at radius 3 is 2.59 bits per heavy atom. The van der Waals surface area contributed by atoms with Crippen molar-refractivity contribution in [1.82, 2.24) is 14.8 Å². The molecule has 2 rings (SSSR count). The van der Waals surface area contributed by atoms with Crippen LogP contribution in [0.15, 0.2) is 10.8 Å². The van der Waals surface area contributed by atoms with Crippen molar-refractivity contribution in [2.75, 3.05) is 0 Å². The summed E-state index contributed by atoms with van der Waals surface area (Å²) in [5.41, 5.74) is 9.51. The standard InChI is InChI=1S/C11H13BrN4O/c1-5-4-14-16(3)9(5)7-6(2)8(11(13)17)15-10(7)12/h4,15H,1-3H3,(H2,13,17). The van der Waals surface area contributed by atoms with Gasteiger partial charge in [0.15, 0.2) is 0 Å². The molecule has 2 aromatic rings. The topological polar surface area (TPSA) is 76.7 Å². The van der Waals surface area contributed by atoms with Gasteiger partial charge in [0.1, 0.15) is 5.69 Å². The van der Waals surface area contributed by atoms with Gasteiger partial charge < -0.3 is 10.7 Å². The van der Waals surface area contributed by atoms with Crippen LogP contribution >= 0.6 is 15.9 Å². The maximum atomic E-state index is 11.3. The lowest BCUT2D eigenvalue weighted by molar-refractivity contribution is 0.0995. The zero-order chi connectivity index (χ0) is 12.7. The number of aryl methyl sites for hydroxylation is 2. The van der Waals surface area contributed by atoms with E-state index >= 15 is 0 Å². The van der Waals surface area contributed by atoms with E-state index in [0.29, 0.717) is 5.69 Å². The van der Waals surface area contributed by atoms with Crippen molar-refractivity contribution < 1.29 is 4.79 Å². The van der Waals surface area contributed by atoms with Gasteiger partial charge in [-0.15, -0.1) is 0 Å². The van der Waals surface area contributed by atoms with Crippen LogP contribution in [-0.2, 0) is 7.05 Å². The van der Waals surface area contributed by atoms with Crippen LogP contribution in [0, 0.1) is 13.8 Å². The molecule has 0 radical (unpaired) electrons. The summed E-state index contributed by atoms with van der Waals surface area (Å²) in [5, 5.41) is 4.19. The maximum absolute atomic E-state index is 11.3. The number of aromatic nitrogens is 3. The van der Waals surface area contributed by atoms with Crippen LogP contribution < -0.4 is 5.73 Å². The van der Waals surface area contributed by atoms with E-state index in [1.165, 1.54) is 0 Å². The third-order valence-corrected chi connectivity index (χ3v) is 3.40. The molecule has 5 nitrogen and oxygen atoms in total. The molecule has 0 aliphatic heterocycles. The van der Waals surface area contributed by atoms with Gasteiger partial charge in [-0.25, -0.2) is 0 Å². The number of H-pyrrole nitrogens is 1. The summed E-state index contributed by atoms with van der Waals surface area (Å²) in [5.74, 6) is -0.464. The Morgan fingerprint density at radius 1 is 1.53 bits per heavy atom. The maximum Gasteiger partial charge on any atom is 0.265 e. The molecule has 0 saturated heterocycles. The Labute approximate surface area is 107 Å². The van der Waals surface area contributed by atoms with Crippen LogP contribution in [0.1, 0.15) is 21.6 Å². The SMILES string of the molecule is Cc1cnn(C)c1-c1c(Br)[nH]c(C(N)=O)c1C. The van der Waals surface area contributed by atoms with E-state index in [-0.39, 0.29) is 0 Å². The summed E-state index contributed by atoms with van der Waals surface area (Å²) in [7, 11) is 1.87. The summed E-state index contributed by atoms with van der Waals surface area (Å²) in [4.78, 5) is 14.2. The van der Waals surface area contributed by atoms with Gasteiger partial charge in [-0.3, -0.25) is 9.48 Å². The molecular weight excluding hydrogens is 284 g/mol. The Kier molecular flexibility index (Phi) is 2.82. The number of hydrogen-bond donors (Lipinski definition) is 2. The van der Waals surface area contributed by atoms with E-state index in [1.54, 1.807) is 10.9 Å². The monoisotopic (exact) mass is 296 g/mol. The van der Waals surface area contributed by atoms with Crippen LogP contribution in [0.3, 0.4) is 0 Å². The Hall–Kier alpha value is -1.56. The normalized spacial score (nSPS) is 10.8. The minimum Gasteiger partial charge on any atom is -0.364 e. The highest BCUT2D eigenvalue weighted by atomic mass is 79.9. The number of nitrogens with zero attached hydrogens (tertiary/aromatic N) is 2. The van der Waals surface area contributed by atoms with E-state index in [1.807, 2.05) is 20.9 Å². The van der Waals surface area contributed by atoms with Crippen molar-refractivity contribution in [3.8, 4) is 11.3 Å². The largest absolute Gasteiger partial charge is 0.364 e. The van der Waals surface area contributed by atoms with Gasteiger partial charge in [0.05, 0.1) is 16.5 Å². The van der Waals surface area contributed by atoms with Gasteiger partial charge in [-0.2, -0.15) is 5.10 Å². The molecule has 17 heavy (non-hydrogen) atoms. The molecule has 0 spiro atoms. The predicted molar refractivity (Wildman–Crippen MR) is 68.7 cm³/mol. The van der Waals surface area contributed by atoms with E-state index in [0.717, 1.165) is 27.0 Å². The van der Waals surface area contributed by atoms with Gasteiger partial charge in [0.25, 0.3) is 5.91 Å². The molecule has 0 aliphatic rings. The molecule has 0 fully saturated rings. The van der Waals surface area contributed by atoms with Crippen LogP contribution in [-0.4, -0.2) is 20.7 Å². The summed E-state index contributed by atoms with van der Waals surface area (Å²) in [6.07, 6.45) is 1.79. The number of carbonyl (C=O) groups is 1. The number of aromatic amines is 1. The second-order valence-electron chi connectivity index (χ2n) is 3.98. The summed E-state index contributed by atoms with van der Waals surface area (Å²) < 4.78 is 2.52. The lowest BCUT2D eigenvalue weighted by Crippen LogP contribution is -2.12.